The maximum Gasteiger partial charge on any atom is 0.342 e. The number of fused-ring (bicyclic) bond motifs is 1. The summed E-state index contributed by atoms with van der Waals surface area (Å²) in [6, 6.07) is 0. The summed E-state index contributed by atoms with van der Waals surface area (Å²) in [4.78, 5) is 50.0. The molecule has 2 aliphatic heterocycles. The first kappa shape index (κ1) is 27.5. The molecule has 37 heavy (non-hydrogen) atoms. The minimum Gasteiger partial charge on any atom is -0.462 e. The van der Waals surface area contributed by atoms with Gasteiger partial charge in [-0.1, -0.05) is 19.4 Å². The highest BCUT2D eigenvalue weighted by atomic mass is 16.7. The van der Waals surface area contributed by atoms with E-state index in [9.17, 15) is 29.4 Å². The number of rotatable bonds is 3. The van der Waals surface area contributed by atoms with E-state index in [0.29, 0.717) is 5.57 Å². The zero-order valence-corrected chi connectivity index (χ0v) is 22.2. The number of hydrogen-bond donors (Lipinski definition) is 2. The normalized spacial score (nSPS) is 48.1. The van der Waals surface area contributed by atoms with Gasteiger partial charge in [-0.15, -0.1) is 0 Å². The Bertz CT molecular complexity index is 1040. The van der Waals surface area contributed by atoms with Crippen molar-refractivity contribution in [2.75, 3.05) is 0 Å². The topological polar surface area (TPSA) is 158 Å². The molecule has 2 heterocycles. The van der Waals surface area contributed by atoms with Crippen LogP contribution in [0.15, 0.2) is 11.6 Å². The highest BCUT2D eigenvalue weighted by Crippen LogP contribution is 2.65. The second-order valence-electron chi connectivity index (χ2n) is 11.3. The van der Waals surface area contributed by atoms with Gasteiger partial charge in [-0.25, -0.2) is 4.79 Å². The summed E-state index contributed by atoms with van der Waals surface area (Å²) in [6.07, 6.45) is -5.02. The standard InChI is InChI=1S/C26H36O11/c1-11-8-17(31)21(34-14(4)28)24(6)18(33-13(3)27)10-16(30)12(2)20(24)22(35-15(5)29)26-19(9-11)36-23(32)25(26,7)37-26/h9,12,16-22,30-31H,8,10H2,1-7H3/b11-9-/t12-,16-,17-,18-,19-,20+,21-,22-,24-,25-,26-/m0/s1. The van der Waals surface area contributed by atoms with Crippen LogP contribution in [0.2, 0.25) is 0 Å². The van der Waals surface area contributed by atoms with Gasteiger partial charge in [0.25, 0.3) is 0 Å². The van der Waals surface area contributed by atoms with Gasteiger partial charge in [-0.05, 0) is 32.3 Å². The van der Waals surface area contributed by atoms with Crippen LogP contribution in [0.5, 0.6) is 0 Å². The van der Waals surface area contributed by atoms with Crippen molar-refractivity contribution in [2.45, 2.75) is 109 Å². The van der Waals surface area contributed by atoms with Gasteiger partial charge in [0.05, 0.1) is 17.6 Å². The maximum atomic E-state index is 12.9. The van der Waals surface area contributed by atoms with Crippen molar-refractivity contribution in [3.05, 3.63) is 11.6 Å². The van der Waals surface area contributed by atoms with Crippen molar-refractivity contribution in [3.63, 3.8) is 0 Å². The van der Waals surface area contributed by atoms with Gasteiger partial charge in [-0.2, -0.15) is 0 Å². The highest BCUT2D eigenvalue weighted by Gasteiger charge is 2.87. The molecule has 11 atom stereocenters. The van der Waals surface area contributed by atoms with Crippen molar-refractivity contribution < 1.29 is 53.1 Å². The number of aliphatic hydroxyl groups is 2. The fourth-order valence-corrected chi connectivity index (χ4v) is 7.03. The van der Waals surface area contributed by atoms with Crippen molar-refractivity contribution >= 4 is 23.9 Å². The summed E-state index contributed by atoms with van der Waals surface area (Å²) in [5.41, 5.74) is -3.65. The summed E-state index contributed by atoms with van der Waals surface area (Å²) in [7, 11) is 0. The van der Waals surface area contributed by atoms with Crippen LogP contribution in [0, 0.1) is 17.3 Å². The van der Waals surface area contributed by atoms with Crippen LogP contribution in [0.3, 0.4) is 0 Å². The quantitative estimate of drug-likeness (QED) is 0.234. The Balaban J connectivity index is 2.02. The fraction of sp³-hybridized carbons (Fsp3) is 0.769. The summed E-state index contributed by atoms with van der Waals surface area (Å²) in [6.45, 7) is 10.3. The molecule has 11 nitrogen and oxygen atoms in total. The van der Waals surface area contributed by atoms with Gasteiger partial charge in [-0.3, -0.25) is 14.4 Å². The van der Waals surface area contributed by atoms with E-state index in [1.807, 2.05) is 0 Å². The molecule has 1 saturated carbocycles. The van der Waals surface area contributed by atoms with E-state index < -0.39 is 89.0 Å². The van der Waals surface area contributed by atoms with Gasteiger partial charge in [0.2, 0.25) is 0 Å². The van der Waals surface area contributed by atoms with Crippen LogP contribution in [0.25, 0.3) is 0 Å². The molecule has 11 heteroatoms. The molecule has 4 rings (SSSR count). The van der Waals surface area contributed by atoms with Crippen molar-refractivity contribution in [1.29, 1.82) is 0 Å². The van der Waals surface area contributed by atoms with Crippen LogP contribution in [0.1, 0.15) is 61.3 Å². The Morgan fingerprint density at radius 3 is 2.08 bits per heavy atom. The molecule has 2 aliphatic carbocycles. The summed E-state index contributed by atoms with van der Waals surface area (Å²) >= 11 is 0. The second-order valence-corrected chi connectivity index (χ2v) is 11.3. The van der Waals surface area contributed by atoms with Crippen LogP contribution in [0.4, 0.5) is 0 Å². The minimum absolute atomic E-state index is 0.0101. The molecule has 4 aliphatic rings. The third-order valence-corrected chi connectivity index (χ3v) is 8.74. The molecule has 0 radical (unpaired) electrons. The van der Waals surface area contributed by atoms with E-state index in [-0.39, 0.29) is 12.8 Å². The van der Waals surface area contributed by atoms with Gasteiger partial charge < -0.3 is 33.9 Å². The average molecular weight is 525 g/mol. The number of hydrogen-bond acceptors (Lipinski definition) is 11. The van der Waals surface area contributed by atoms with Gasteiger partial charge in [0.15, 0.2) is 17.3 Å². The van der Waals surface area contributed by atoms with Crippen LogP contribution < -0.4 is 0 Å². The molecule has 0 aromatic rings. The average Bonchev–Trinajstić information content (AvgIpc) is 3.35. The van der Waals surface area contributed by atoms with E-state index >= 15 is 0 Å². The highest BCUT2D eigenvalue weighted by molar-refractivity contribution is 5.89. The number of esters is 4. The molecular formula is C26H36O11. The summed E-state index contributed by atoms with van der Waals surface area (Å²) in [5.74, 6) is -4.14. The number of aliphatic hydroxyl groups excluding tert-OH is 2. The summed E-state index contributed by atoms with van der Waals surface area (Å²) in [5, 5.41) is 22.6. The number of epoxide rings is 1. The lowest BCUT2D eigenvalue weighted by molar-refractivity contribution is -0.242. The number of carbonyl (C=O) groups excluding carboxylic acids is 4. The first-order chi connectivity index (χ1) is 17.1. The van der Waals surface area contributed by atoms with E-state index in [0.717, 1.165) is 0 Å². The van der Waals surface area contributed by atoms with Crippen molar-refractivity contribution in [2.24, 2.45) is 17.3 Å². The number of carbonyl (C=O) groups is 4. The van der Waals surface area contributed by atoms with Crippen LogP contribution in [-0.2, 0) is 42.9 Å². The van der Waals surface area contributed by atoms with E-state index in [4.69, 9.17) is 23.7 Å². The van der Waals surface area contributed by atoms with Gasteiger partial charge in [0, 0.05) is 33.1 Å². The predicted molar refractivity (Wildman–Crippen MR) is 125 cm³/mol. The predicted octanol–water partition coefficient (Wildman–Crippen LogP) is 0.969. The molecule has 206 valence electrons. The largest absolute Gasteiger partial charge is 0.462 e. The molecule has 0 bridgehead atoms. The lowest BCUT2D eigenvalue weighted by Gasteiger charge is -2.57. The molecule has 0 aromatic carbocycles. The monoisotopic (exact) mass is 524 g/mol. The second kappa shape index (κ2) is 9.06. The third-order valence-electron chi connectivity index (χ3n) is 8.74. The Morgan fingerprint density at radius 1 is 0.973 bits per heavy atom. The Labute approximate surface area is 215 Å². The van der Waals surface area contributed by atoms with Crippen molar-refractivity contribution in [1.82, 2.24) is 0 Å². The molecule has 0 aromatic heterocycles. The van der Waals surface area contributed by atoms with E-state index in [1.165, 1.54) is 20.8 Å². The Hall–Kier alpha value is -2.50. The molecule has 1 spiro atoms. The minimum atomic E-state index is -1.45. The molecule has 3 fully saturated rings. The Morgan fingerprint density at radius 2 is 1.54 bits per heavy atom. The zero-order valence-electron chi connectivity index (χ0n) is 22.2. The molecule has 2 N–H and O–H groups in total. The fourth-order valence-electron chi connectivity index (χ4n) is 7.03. The van der Waals surface area contributed by atoms with E-state index in [1.54, 1.807) is 33.8 Å². The van der Waals surface area contributed by atoms with Crippen LogP contribution >= 0.6 is 0 Å². The van der Waals surface area contributed by atoms with Crippen LogP contribution in [-0.4, -0.2) is 81.9 Å². The van der Waals surface area contributed by atoms with Crippen molar-refractivity contribution in [3.8, 4) is 0 Å². The zero-order chi connectivity index (χ0) is 27.7. The molecule has 0 unspecified atom stereocenters. The lowest BCUT2D eigenvalue weighted by atomic mass is 9.53. The Kier molecular flexibility index (Phi) is 6.74. The maximum absolute atomic E-state index is 12.9. The molecular weight excluding hydrogens is 488 g/mol. The summed E-state index contributed by atoms with van der Waals surface area (Å²) < 4.78 is 29.2. The van der Waals surface area contributed by atoms with Gasteiger partial charge >= 0.3 is 23.9 Å². The van der Waals surface area contributed by atoms with Gasteiger partial charge in [0.1, 0.15) is 18.3 Å². The third kappa shape index (κ3) is 4.06. The molecule has 2 saturated heterocycles. The lowest BCUT2D eigenvalue weighted by Crippen LogP contribution is -2.67. The SMILES string of the molecule is CC(=O)O[C@H]1C[C@H](O)[C@H](C)[C@@H]2[C@H](OC(C)=O)[C@]34O[C@@]3(C)C(=O)O[C@H]4/C=C(/C)C[C@H](O)[C@H](OC(C)=O)[C@]21C. The number of ether oxygens (including phenoxy) is 5. The smallest absolute Gasteiger partial charge is 0.342 e. The molecule has 0 amide bonds. The van der Waals surface area contributed by atoms with E-state index in [2.05, 4.69) is 0 Å². The first-order valence-electron chi connectivity index (χ1n) is 12.6. The first-order valence-corrected chi connectivity index (χ1v) is 12.6.